The summed E-state index contributed by atoms with van der Waals surface area (Å²) in [7, 11) is 1.62. The van der Waals surface area contributed by atoms with Crippen molar-refractivity contribution in [1.82, 2.24) is 25.0 Å². The number of hydrogen-bond donors (Lipinski definition) is 1. The number of benzene rings is 1. The van der Waals surface area contributed by atoms with Crippen LogP contribution in [0.15, 0.2) is 53.4 Å². The number of rotatable bonds is 6. The zero-order chi connectivity index (χ0) is 19.8. The Hall–Kier alpha value is -3.68. The lowest BCUT2D eigenvalue weighted by Gasteiger charge is -2.03. The molecule has 4 aromatic rings. The fraction of sp³-hybridized carbons (Fsp3) is 0.238. The van der Waals surface area contributed by atoms with E-state index in [4.69, 9.17) is 9.26 Å². The van der Waals surface area contributed by atoms with Gasteiger partial charge in [-0.05, 0) is 43.2 Å². The first-order valence-corrected chi connectivity index (χ1v) is 9.42. The first-order valence-electron chi connectivity index (χ1n) is 9.42. The summed E-state index contributed by atoms with van der Waals surface area (Å²) in [5, 5.41) is 6.88. The van der Waals surface area contributed by atoms with Crippen LogP contribution in [0.25, 0.3) is 22.5 Å². The summed E-state index contributed by atoms with van der Waals surface area (Å²) < 4.78 is 12.6. The highest BCUT2D eigenvalue weighted by Crippen LogP contribution is 2.36. The summed E-state index contributed by atoms with van der Waals surface area (Å²) in [6, 6.07) is 11.6. The molecule has 146 valence electrons. The standard InChI is InChI=1S/C21H19N5O3/c1-28-17-6-2-13(3-7-17)19-9-15(25-29-19)11-23-21(27)14-8-18-20(22-10-14)26(12-24-18)16-4-5-16/h2-3,6-10,12,16H,4-5,11H2,1H3,(H,23,27). The number of hydrogen-bond acceptors (Lipinski definition) is 6. The lowest BCUT2D eigenvalue weighted by atomic mass is 10.1. The number of ether oxygens (including phenoxy) is 1. The fourth-order valence-corrected chi connectivity index (χ4v) is 3.22. The van der Waals surface area contributed by atoms with Crippen molar-refractivity contribution in [3.8, 4) is 17.1 Å². The van der Waals surface area contributed by atoms with E-state index in [1.165, 1.54) is 0 Å². The zero-order valence-electron chi connectivity index (χ0n) is 15.8. The fourth-order valence-electron chi connectivity index (χ4n) is 3.22. The Morgan fingerprint density at radius 2 is 2.07 bits per heavy atom. The van der Waals surface area contributed by atoms with Crippen LogP contribution in [-0.4, -0.2) is 32.7 Å². The molecule has 8 heteroatoms. The molecular weight excluding hydrogens is 370 g/mol. The normalized spacial score (nSPS) is 13.6. The maximum atomic E-state index is 12.5. The molecule has 1 saturated carbocycles. The van der Waals surface area contributed by atoms with Crippen molar-refractivity contribution in [3.63, 3.8) is 0 Å². The van der Waals surface area contributed by atoms with Gasteiger partial charge in [0.25, 0.3) is 5.91 Å². The zero-order valence-corrected chi connectivity index (χ0v) is 15.8. The number of pyridine rings is 1. The minimum Gasteiger partial charge on any atom is -0.497 e. The van der Waals surface area contributed by atoms with Gasteiger partial charge in [-0.1, -0.05) is 5.16 Å². The summed E-state index contributed by atoms with van der Waals surface area (Å²) in [4.78, 5) is 21.3. The Morgan fingerprint density at radius 3 is 2.83 bits per heavy atom. The van der Waals surface area contributed by atoms with E-state index in [1.54, 1.807) is 31.8 Å². The van der Waals surface area contributed by atoms with Crippen molar-refractivity contribution in [2.75, 3.05) is 7.11 Å². The molecule has 3 aromatic heterocycles. The van der Waals surface area contributed by atoms with Crippen LogP contribution < -0.4 is 10.1 Å². The highest BCUT2D eigenvalue weighted by molar-refractivity contribution is 5.96. The molecule has 1 aliphatic carbocycles. The molecule has 1 amide bonds. The largest absolute Gasteiger partial charge is 0.497 e. The average molecular weight is 389 g/mol. The van der Waals surface area contributed by atoms with Gasteiger partial charge in [0.2, 0.25) is 0 Å². The van der Waals surface area contributed by atoms with Gasteiger partial charge in [-0.2, -0.15) is 0 Å². The van der Waals surface area contributed by atoms with E-state index in [9.17, 15) is 4.79 Å². The van der Waals surface area contributed by atoms with E-state index < -0.39 is 0 Å². The van der Waals surface area contributed by atoms with Crippen LogP contribution in [0.4, 0.5) is 0 Å². The maximum Gasteiger partial charge on any atom is 0.253 e. The molecule has 29 heavy (non-hydrogen) atoms. The molecular formula is C21H19N5O3. The average Bonchev–Trinajstić information content (AvgIpc) is 3.34. The van der Waals surface area contributed by atoms with Gasteiger partial charge in [0.15, 0.2) is 11.4 Å². The topological polar surface area (TPSA) is 95.1 Å². The highest BCUT2D eigenvalue weighted by Gasteiger charge is 2.25. The van der Waals surface area contributed by atoms with Crippen LogP contribution in [0, 0.1) is 0 Å². The van der Waals surface area contributed by atoms with Crippen LogP contribution in [-0.2, 0) is 6.54 Å². The second-order valence-electron chi connectivity index (χ2n) is 7.04. The Kier molecular flexibility index (Phi) is 4.23. The second-order valence-corrected chi connectivity index (χ2v) is 7.04. The van der Waals surface area contributed by atoms with Crippen LogP contribution in [0.1, 0.15) is 34.9 Å². The van der Waals surface area contributed by atoms with Gasteiger partial charge in [0.05, 0.1) is 25.5 Å². The lowest BCUT2D eigenvalue weighted by molar-refractivity contribution is 0.0950. The molecule has 1 aromatic carbocycles. The number of imidazole rings is 1. The minimum absolute atomic E-state index is 0.227. The number of carbonyl (C=O) groups excluding carboxylic acids is 1. The monoisotopic (exact) mass is 389 g/mol. The van der Waals surface area contributed by atoms with Gasteiger partial charge in [-0.25, -0.2) is 9.97 Å². The summed E-state index contributed by atoms with van der Waals surface area (Å²) in [6.07, 6.45) is 5.70. The molecule has 8 nitrogen and oxygen atoms in total. The molecule has 3 heterocycles. The number of amides is 1. The first kappa shape index (κ1) is 17.4. The van der Waals surface area contributed by atoms with Crippen LogP contribution in [0.5, 0.6) is 5.75 Å². The van der Waals surface area contributed by atoms with Crippen molar-refractivity contribution in [1.29, 1.82) is 0 Å². The van der Waals surface area contributed by atoms with E-state index >= 15 is 0 Å². The molecule has 0 unspecified atom stereocenters. The number of nitrogens with one attached hydrogen (secondary N) is 1. The SMILES string of the molecule is COc1ccc(-c2cc(CNC(=O)c3cnc4c(c3)ncn4C3CC3)no2)cc1. The van der Waals surface area contributed by atoms with Crippen molar-refractivity contribution < 1.29 is 14.1 Å². The van der Waals surface area contributed by atoms with Gasteiger partial charge in [0.1, 0.15) is 17.0 Å². The Morgan fingerprint density at radius 1 is 1.24 bits per heavy atom. The third-order valence-corrected chi connectivity index (χ3v) is 4.98. The molecule has 0 aliphatic heterocycles. The second kappa shape index (κ2) is 7.05. The number of nitrogens with zero attached hydrogens (tertiary/aromatic N) is 4. The Bertz CT molecular complexity index is 1170. The third-order valence-electron chi connectivity index (χ3n) is 4.98. The quantitative estimate of drug-likeness (QED) is 0.543. The Labute approximate surface area is 166 Å². The van der Waals surface area contributed by atoms with Gasteiger partial charge < -0.3 is 19.1 Å². The van der Waals surface area contributed by atoms with Crippen LogP contribution >= 0.6 is 0 Å². The van der Waals surface area contributed by atoms with Crippen LogP contribution in [0.3, 0.4) is 0 Å². The number of carbonyl (C=O) groups is 1. The minimum atomic E-state index is -0.227. The molecule has 5 rings (SSSR count). The van der Waals surface area contributed by atoms with Gasteiger partial charge in [-0.15, -0.1) is 0 Å². The molecule has 0 radical (unpaired) electrons. The molecule has 0 bridgehead atoms. The van der Waals surface area contributed by atoms with Crippen molar-refractivity contribution in [2.45, 2.75) is 25.4 Å². The number of methoxy groups -OCH3 is 1. The highest BCUT2D eigenvalue weighted by atomic mass is 16.5. The summed E-state index contributed by atoms with van der Waals surface area (Å²) in [5.74, 6) is 1.17. The summed E-state index contributed by atoms with van der Waals surface area (Å²) in [6.45, 7) is 0.257. The van der Waals surface area contributed by atoms with Crippen LogP contribution in [0.2, 0.25) is 0 Å². The van der Waals surface area contributed by atoms with Crippen molar-refractivity contribution >= 4 is 17.1 Å². The predicted molar refractivity (Wildman–Crippen MR) is 105 cm³/mol. The van der Waals surface area contributed by atoms with E-state index in [1.807, 2.05) is 24.3 Å². The number of fused-ring (bicyclic) bond motifs is 1. The number of aromatic nitrogens is 4. The smallest absolute Gasteiger partial charge is 0.253 e. The molecule has 1 N–H and O–H groups in total. The molecule has 0 spiro atoms. The van der Waals surface area contributed by atoms with Gasteiger partial charge in [-0.3, -0.25) is 4.79 Å². The maximum absolute atomic E-state index is 12.5. The van der Waals surface area contributed by atoms with E-state index in [0.29, 0.717) is 23.1 Å². The molecule has 1 aliphatic rings. The Balaban J connectivity index is 1.25. The molecule has 0 atom stereocenters. The lowest BCUT2D eigenvalue weighted by Crippen LogP contribution is -2.23. The van der Waals surface area contributed by atoms with Crippen molar-refractivity contribution in [2.24, 2.45) is 0 Å². The third kappa shape index (κ3) is 3.44. The van der Waals surface area contributed by atoms with E-state index in [0.717, 1.165) is 35.3 Å². The summed E-state index contributed by atoms with van der Waals surface area (Å²) >= 11 is 0. The molecule has 0 saturated heterocycles. The van der Waals surface area contributed by atoms with E-state index in [-0.39, 0.29) is 12.5 Å². The first-order chi connectivity index (χ1) is 14.2. The predicted octanol–water partition coefficient (Wildman–Crippen LogP) is 3.36. The molecule has 1 fully saturated rings. The van der Waals surface area contributed by atoms with Gasteiger partial charge in [0, 0.05) is 23.9 Å². The van der Waals surface area contributed by atoms with Crippen molar-refractivity contribution in [3.05, 3.63) is 60.2 Å². The van der Waals surface area contributed by atoms with Gasteiger partial charge >= 0.3 is 0 Å². The van der Waals surface area contributed by atoms with E-state index in [2.05, 4.69) is 25.0 Å². The summed E-state index contributed by atoms with van der Waals surface area (Å²) in [5.41, 5.74) is 3.54.